The average molecular weight is 292 g/mol. The topological polar surface area (TPSA) is 29.9 Å². The van der Waals surface area contributed by atoms with Gasteiger partial charge in [0.25, 0.3) is 0 Å². The molecular weight excluding hydrogens is 269 g/mol. The first kappa shape index (κ1) is 15.8. The maximum Gasteiger partial charge on any atom is 0.0863 e. The van der Waals surface area contributed by atoms with E-state index < -0.39 is 0 Å². The molecule has 1 N–H and O–H groups in total. The standard InChI is InChI=1S/C13H23Cl2N3/c1-5-11-13(15)12(18(6-2)17-11)8-16-10(4)9(3)7-14/h9-10,16H,5-8H2,1-4H3. The Labute approximate surface area is 120 Å². The number of nitrogens with zero attached hydrogens (tertiary/aromatic N) is 2. The third kappa shape index (κ3) is 3.62. The van der Waals surface area contributed by atoms with Crippen molar-refractivity contribution in [3.8, 4) is 0 Å². The lowest BCUT2D eigenvalue weighted by Crippen LogP contribution is -2.33. The van der Waals surface area contributed by atoms with E-state index in [-0.39, 0.29) is 0 Å². The van der Waals surface area contributed by atoms with Gasteiger partial charge in [0.05, 0.1) is 16.4 Å². The molecule has 1 rings (SSSR count). The Hall–Kier alpha value is -0.250. The number of nitrogens with one attached hydrogen (secondary N) is 1. The Morgan fingerprint density at radius 2 is 2.00 bits per heavy atom. The zero-order valence-electron chi connectivity index (χ0n) is 11.6. The molecule has 0 bridgehead atoms. The van der Waals surface area contributed by atoms with Crippen LogP contribution in [0, 0.1) is 5.92 Å². The predicted octanol–water partition coefficient (Wildman–Crippen LogP) is 3.47. The maximum absolute atomic E-state index is 6.36. The third-order valence-corrected chi connectivity index (χ3v) is 4.31. The van der Waals surface area contributed by atoms with Crippen molar-refractivity contribution < 1.29 is 0 Å². The molecule has 0 aliphatic rings. The Morgan fingerprint density at radius 3 is 2.50 bits per heavy atom. The second-order valence-corrected chi connectivity index (χ2v) is 5.36. The average Bonchev–Trinajstić information content (AvgIpc) is 2.70. The quantitative estimate of drug-likeness (QED) is 0.780. The Kier molecular flexibility index (Phi) is 6.47. The number of hydrogen-bond acceptors (Lipinski definition) is 2. The summed E-state index contributed by atoms with van der Waals surface area (Å²) in [5.41, 5.74) is 2.05. The second kappa shape index (κ2) is 7.37. The molecule has 0 saturated heterocycles. The minimum atomic E-state index is 0.365. The molecule has 5 heteroatoms. The molecule has 0 amide bonds. The van der Waals surface area contributed by atoms with E-state index in [0.29, 0.717) is 17.8 Å². The van der Waals surface area contributed by atoms with Crippen molar-refractivity contribution in [2.24, 2.45) is 5.92 Å². The van der Waals surface area contributed by atoms with E-state index in [4.69, 9.17) is 23.2 Å². The van der Waals surface area contributed by atoms with E-state index in [9.17, 15) is 0 Å². The third-order valence-electron chi connectivity index (χ3n) is 3.38. The highest BCUT2D eigenvalue weighted by molar-refractivity contribution is 6.31. The maximum atomic E-state index is 6.36. The number of hydrogen-bond donors (Lipinski definition) is 1. The van der Waals surface area contributed by atoms with Gasteiger partial charge in [-0.1, -0.05) is 25.4 Å². The summed E-state index contributed by atoms with van der Waals surface area (Å²) in [6.07, 6.45) is 0.868. The van der Waals surface area contributed by atoms with Crippen molar-refractivity contribution in [3.05, 3.63) is 16.4 Å². The van der Waals surface area contributed by atoms with Crippen LogP contribution in [0.4, 0.5) is 0 Å². The molecule has 2 unspecified atom stereocenters. The SMILES string of the molecule is CCc1nn(CC)c(CNC(C)C(C)CCl)c1Cl. The molecule has 0 aromatic carbocycles. The van der Waals surface area contributed by atoms with Crippen LogP contribution in [0.15, 0.2) is 0 Å². The summed E-state index contributed by atoms with van der Waals surface area (Å²) in [6.45, 7) is 10.0. The van der Waals surface area contributed by atoms with Gasteiger partial charge in [-0.3, -0.25) is 4.68 Å². The molecule has 1 aromatic rings. The zero-order chi connectivity index (χ0) is 13.7. The first-order chi connectivity index (χ1) is 8.54. The van der Waals surface area contributed by atoms with Crippen molar-refractivity contribution in [1.29, 1.82) is 0 Å². The number of alkyl halides is 1. The van der Waals surface area contributed by atoms with Gasteiger partial charge in [-0.05, 0) is 26.2 Å². The highest BCUT2D eigenvalue weighted by Crippen LogP contribution is 2.21. The van der Waals surface area contributed by atoms with E-state index >= 15 is 0 Å². The highest BCUT2D eigenvalue weighted by atomic mass is 35.5. The van der Waals surface area contributed by atoms with Gasteiger partial charge in [-0.25, -0.2) is 0 Å². The van der Waals surface area contributed by atoms with E-state index in [1.54, 1.807) is 0 Å². The van der Waals surface area contributed by atoms with Gasteiger partial charge < -0.3 is 5.32 Å². The molecule has 0 spiro atoms. The number of aromatic nitrogens is 2. The van der Waals surface area contributed by atoms with Gasteiger partial charge in [0.2, 0.25) is 0 Å². The molecule has 0 saturated carbocycles. The monoisotopic (exact) mass is 291 g/mol. The number of aryl methyl sites for hydroxylation is 2. The Balaban J connectivity index is 2.74. The van der Waals surface area contributed by atoms with E-state index in [2.05, 4.69) is 38.1 Å². The predicted molar refractivity (Wildman–Crippen MR) is 78.5 cm³/mol. The van der Waals surface area contributed by atoms with E-state index in [1.165, 1.54) is 0 Å². The molecule has 0 fully saturated rings. The fraction of sp³-hybridized carbons (Fsp3) is 0.769. The number of halogens is 2. The second-order valence-electron chi connectivity index (χ2n) is 4.68. The summed E-state index contributed by atoms with van der Waals surface area (Å²) in [5, 5.41) is 8.78. The fourth-order valence-corrected chi connectivity index (χ4v) is 2.38. The molecule has 1 aromatic heterocycles. The van der Waals surface area contributed by atoms with Crippen molar-refractivity contribution in [1.82, 2.24) is 15.1 Å². The van der Waals surface area contributed by atoms with E-state index in [1.807, 2.05) is 4.68 Å². The summed E-state index contributed by atoms with van der Waals surface area (Å²) in [5.74, 6) is 1.10. The van der Waals surface area contributed by atoms with Crippen molar-refractivity contribution >= 4 is 23.2 Å². The first-order valence-electron chi connectivity index (χ1n) is 6.58. The van der Waals surface area contributed by atoms with Crippen LogP contribution in [-0.2, 0) is 19.5 Å². The molecule has 0 aliphatic heterocycles. The molecular formula is C13H23Cl2N3. The van der Waals surface area contributed by atoms with Gasteiger partial charge in [0.1, 0.15) is 0 Å². The summed E-state index contributed by atoms with van der Waals surface area (Å²) in [6, 6.07) is 0.365. The summed E-state index contributed by atoms with van der Waals surface area (Å²) in [7, 11) is 0. The molecule has 2 atom stereocenters. The molecule has 3 nitrogen and oxygen atoms in total. The summed E-state index contributed by atoms with van der Waals surface area (Å²) in [4.78, 5) is 0. The van der Waals surface area contributed by atoms with Crippen molar-refractivity contribution in [2.75, 3.05) is 5.88 Å². The molecule has 0 radical (unpaired) electrons. The van der Waals surface area contributed by atoms with Crippen molar-refractivity contribution in [2.45, 2.75) is 53.2 Å². The van der Waals surface area contributed by atoms with Crippen LogP contribution in [0.2, 0.25) is 5.02 Å². The van der Waals surface area contributed by atoms with Crippen LogP contribution in [0.25, 0.3) is 0 Å². The Bertz CT molecular complexity index is 377. The molecule has 0 aliphatic carbocycles. The van der Waals surface area contributed by atoms with Crippen molar-refractivity contribution in [3.63, 3.8) is 0 Å². The van der Waals surface area contributed by atoms with Crippen LogP contribution < -0.4 is 5.32 Å². The minimum Gasteiger partial charge on any atom is -0.308 e. The van der Waals surface area contributed by atoms with Crippen LogP contribution in [0.3, 0.4) is 0 Å². The van der Waals surface area contributed by atoms with Gasteiger partial charge in [0.15, 0.2) is 0 Å². The van der Waals surface area contributed by atoms with Gasteiger partial charge in [-0.2, -0.15) is 5.10 Å². The van der Waals surface area contributed by atoms with Crippen LogP contribution in [0.5, 0.6) is 0 Å². The van der Waals surface area contributed by atoms with Crippen LogP contribution in [-0.4, -0.2) is 21.7 Å². The minimum absolute atomic E-state index is 0.365. The first-order valence-corrected chi connectivity index (χ1v) is 7.49. The Morgan fingerprint density at radius 1 is 1.33 bits per heavy atom. The largest absolute Gasteiger partial charge is 0.308 e. The lowest BCUT2D eigenvalue weighted by Gasteiger charge is -2.19. The summed E-state index contributed by atoms with van der Waals surface area (Å²) >= 11 is 12.2. The summed E-state index contributed by atoms with van der Waals surface area (Å²) < 4.78 is 1.98. The van der Waals surface area contributed by atoms with Gasteiger partial charge in [0, 0.05) is 25.0 Å². The lowest BCUT2D eigenvalue weighted by atomic mass is 10.1. The van der Waals surface area contributed by atoms with Gasteiger partial charge in [-0.15, -0.1) is 11.6 Å². The van der Waals surface area contributed by atoms with Crippen LogP contribution in [0.1, 0.15) is 39.1 Å². The zero-order valence-corrected chi connectivity index (χ0v) is 13.1. The number of rotatable bonds is 7. The smallest absolute Gasteiger partial charge is 0.0863 e. The van der Waals surface area contributed by atoms with Crippen LogP contribution >= 0.6 is 23.2 Å². The fourth-order valence-electron chi connectivity index (χ4n) is 1.78. The van der Waals surface area contributed by atoms with E-state index in [0.717, 1.165) is 35.9 Å². The van der Waals surface area contributed by atoms with Gasteiger partial charge >= 0.3 is 0 Å². The molecule has 18 heavy (non-hydrogen) atoms. The highest BCUT2D eigenvalue weighted by Gasteiger charge is 2.16. The lowest BCUT2D eigenvalue weighted by molar-refractivity contribution is 0.420. The normalized spacial score (nSPS) is 14.8. The molecule has 1 heterocycles. The molecule has 104 valence electrons.